The lowest BCUT2D eigenvalue weighted by Gasteiger charge is -2.34. The van der Waals surface area contributed by atoms with Crippen LogP contribution in [0.3, 0.4) is 0 Å². The molecular weight excluding hydrogens is 212 g/mol. The van der Waals surface area contributed by atoms with Crippen LogP contribution in [-0.2, 0) is 4.43 Å². The molecule has 0 unspecified atom stereocenters. The summed E-state index contributed by atoms with van der Waals surface area (Å²) in [5.41, 5.74) is 0. The van der Waals surface area contributed by atoms with Gasteiger partial charge in [0.25, 0.3) is 0 Å². The normalized spacial score (nSPS) is 18.2. The second-order valence-corrected chi connectivity index (χ2v) is 9.56. The molecule has 0 radical (unpaired) electrons. The maximum Gasteiger partial charge on any atom is 0.193 e. The van der Waals surface area contributed by atoms with Crippen LogP contribution in [0, 0.1) is 0 Å². The summed E-state index contributed by atoms with van der Waals surface area (Å²) in [5, 5.41) is 0. The average Bonchev–Trinajstić information content (AvgIpc) is 2.71. The standard InChI is InChI=1S/C14H30OSi/c1-4-11-16(12-5-2,13-6-3)15-14-9-7-8-10-14/h14H,4-13H2,1-3H3. The first-order chi connectivity index (χ1) is 7.76. The van der Waals surface area contributed by atoms with Gasteiger partial charge < -0.3 is 4.43 Å². The lowest BCUT2D eigenvalue weighted by molar-refractivity contribution is 0.192. The van der Waals surface area contributed by atoms with Crippen LogP contribution in [0.4, 0.5) is 0 Å². The van der Waals surface area contributed by atoms with E-state index in [-0.39, 0.29) is 0 Å². The fraction of sp³-hybridized carbons (Fsp3) is 1.00. The van der Waals surface area contributed by atoms with Gasteiger partial charge in [-0.1, -0.05) is 52.9 Å². The molecule has 2 heteroatoms. The van der Waals surface area contributed by atoms with E-state index in [0.717, 1.165) is 0 Å². The molecule has 0 atom stereocenters. The molecule has 1 nitrogen and oxygen atoms in total. The Balaban J connectivity index is 2.56. The quantitative estimate of drug-likeness (QED) is 0.537. The summed E-state index contributed by atoms with van der Waals surface area (Å²) in [6.07, 6.45) is 10.1. The minimum atomic E-state index is -1.36. The Morgan fingerprint density at radius 1 is 0.875 bits per heavy atom. The summed E-state index contributed by atoms with van der Waals surface area (Å²) in [7, 11) is -1.36. The molecule has 1 rings (SSSR count). The van der Waals surface area contributed by atoms with Crippen molar-refractivity contribution in [3.63, 3.8) is 0 Å². The van der Waals surface area contributed by atoms with Crippen molar-refractivity contribution in [3.05, 3.63) is 0 Å². The molecule has 0 aliphatic heterocycles. The van der Waals surface area contributed by atoms with Gasteiger partial charge in [0.15, 0.2) is 8.32 Å². The van der Waals surface area contributed by atoms with Crippen molar-refractivity contribution in [2.45, 2.75) is 90.0 Å². The lowest BCUT2D eigenvalue weighted by atomic mass is 10.3. The second kappa shape index (κ2) is 7.49. The Hall–Kier alpha value is 0.177. The molecule has 0 aromatic carbocycles. The van der Waals surface area contributed by atoms with Gasteiger partial charge in [-0.25, -0.2) is 0 Å². The van der Waals surface area contributed by atoms with Crippen molar-refractivity contribution >= 4 is 8.32 Å². The molecule has 0 aromatic heterocycles. The smallest absolute Gasteiger partial charge is 0.193 e. The maximum absolute atomic E-state index is 6.66. The molecule has 0 N–H and O–H groups in total. The van der Waals surface area contributed by atoms with Gasteiger partial charge in [0, 0.05) is 6.10 Å². The third-order valence-corrected chi connectivity index (χ3v) is 8.90. The summed E-state index contributed by atoms with van der Waals surface area (Å²) in [6, 6.07) is 4.18. The van der Waals surface area contributed by atoms with E-state index in [9.17, 15) is 0 Å². The van der Waals surface area contributed by atoms with Gasteiger partial charge in [-0.15, -0.1) is 0 Å². The molecule has 0 heterocycles. The molecule has 1 aliphatic rings. The molecule has 0 aromatic rings. The van der Waals surface area contributed by atoms with Crippen molar-refractivity contribution in [2.75, 3.05) is 0 Å². The highest BCUT2D eigenvalue weighted by Crippen LogP contribution is 2.33. The van der Waals surface area contributed by atoms with Crippen LogP contribution in [0.25, 0.3) is 0 Å². The van der Waals surface area contributed by atoms with Gasteiger partial charge in [-0.3, -0.25) is 0 Å². The molecule has 1 aliphatic carbocycles. The molecule has 0 amide bonds. The molecule has 0 spiro atoms. The molecule has 96 valence electrons. The summed E-state index contributed by atoms with van der Waals surface area (Å²) < 4.78 is 6.66. The fourth-order valence-corrected chi connectivity index (χ4v) is 8.06. The zero-order valence-corrected chi connectivity index (χ0v) is 12.6. The van der Waals surface area contributed by atoms with Crippen LogP contribution in [0.5, 0.6) is 0 Å². The first-order valence-electron chi connectivity index (χ1n) is 7.44. The first-order valence-corrected chi connectivity index (χ1v) is 9.97. The first kappa shape index (κ1) is 14.2. The predicted molar refractivity (Wildman–Crippen MR) is 74.4 cm³/mol. The number of hydrogen-bond donors (Lipinski definition) is 0. The van der Waals surface area contributed by atoms with E-state index in [0.29, 0.717) is 6.10 Å². The Morgan fingerprint density at radius 2 is 1.31 bits per heavy atom. The molecule has 1 saturated carbocycles. The van der Waals surface area contributed by atoms with Crippen LogP contribution in [0.15, 0.2) is 0 Å². The van der Waals surface area contributed by atoms with Crippen LogP contribution >= 0.6 is 0 Å². The van der Waals surface area contributed by atoms with E-state index in [1.54, 1.807) is 0 Å². The van der Waals surface area contributed by atoms with Gasteiger partial charge in [0.05, 0.1) is 0 Å². The minimum absolute atomic E-state index is 0.635. The van der Waals surface area contributed by atoms with Crippen LogP contribution in [0.2, 0.25) is 18.1 Å². The van der Waals surface area contributed by atoms with Gasteiger partial charge in [-0.2, -0.15) is 0 Å². The van der Waals surface area contributed by atoms with E-state index < -0.39 is 8.32 Å². The zero-order chi connectivity index (χ0) is 11.9. The van der Waals surface area contributed by atoms with Gasteiger partial charge in [0.1, 0.15) is 0 Å². The van der Waals surface area contributed by atoms with Gasteiger partial charge >= 0.3 is 0 Å². The van der Waals surface area contributed by atoms with E-state index >= 15 is 0 Å². The number of rotatable bonds is 8. The van der Waals surface area contributed by atoms with Crippen LogP contribution in [-0.4, -0.2) is 14.4 Å². The van der Waals surface area contributed by atoms with Gasteiger partial charge in [-0.05, 0) is 31.0 Å². The van der Waals surface area contributed by atoms with Crippen molar-refractivity contribution < 1.29 is 4.43 Å². The van der Waals surface area contributed by atoms with Crippen molar-refractivity contribution in [1.29, 1.82) is 0 Å². The number of hydrogen-bond acceptors (Lipinski definition) is 1. The average molecular weight is 242 g/mol. The van der Waals surface area contributed by atoms with Crippen molar-refractivity contribution in [3.8, 4) is 0 Å². The van der Waals surface area contributed by atoms with Gasteiger partial charge in [0.2, 0.25) is 0 Å². The molecule has 1 fully saturated rings. The van der Waals surface area contributed by atoms with Crippen molar-refractivity contribution in [2.24, 2.45) is 0 Å². The van der Waals surface area contributed by atoms with E-state index in [1.807, 2.05) is 0 Å². The molecular formula is C14H30OSi. The summed E-state index contributed by atoms with van der Waals surface area (Å²) in [5.74, 6) is 0. The highest BCUT2D eigenvalue weighted by atomic mass is 28.4. The maximum atomic E-state index is 6.66. The van der Waals surface area contributed by atoms with Crippen LogP contribution in [0.1, 0.15) is 65.7 Å². The highest BCUT2D eigenvalue weighted by Gasteiger charge is 2.35. The van der Waals surface area contributed by atoms with E-state index in [2.05, 4.69) is 20.8 Å². The molecule has 0 bridgehead atoms. The molecule has 16 heavy (non-hydrogen) atoms. The predicted octanol–water partition coefficient (Wildman–Crippen LogP) is 5.12. The lowest BCUT2D eigenvalue weighted by Crippen LogP contribution is -2.40. The SMILES string of the molecule is CCC[Si](CCC)(CCC)OC1CCCC1. The third-order valence-electron chi connectivity index (χ3n) is 3.84. The van der Waals surface area contributed by atoms with E-state index in [4.69, 9.17) is 4.43 Å². The van der Waals surface area contributed by atoms with E-state index in [1.165, 1.54) is 63.1 Å². The monoisotopic (exact) mass is 242 g/mol. The summed E-state index contributed by atoms with van der Waals surface area (Å²) in [4.78, 5) is 0. The summed E-state index contributed by atoms with van der Waals surface area (Å²) in [6.45, 7) is 6.97. The van der Waals surface area contributed by atoms with Crippen molar-refractivity contribution in [1.82, 2.24) is 0 Å². The molecule has 0 saturated heterocycles. The fourth-order valence-electron chi connectivity index (χ4n) is 3.28. The second-order valence-electron chi connectivity index (χ2n) is 5.46. The summed E-state index contributed by atoms with van der Waals surface area (Å²) >= 11 is 0. The van der Waals surface area contributed by atoms with Crippen LogP contribution < -0.4 is 0 Å². The Bertz CT molecular complexity index is 159. The topological polar surface area (TPSA) is 9.23 Å². The zero-order valence-electron chi connectivity index (χ0n) is 11.6. The Kier molecular flexibility index (Phi) is 6.67. The minimum Gasteiger partial charge on any atom is -0.414 e. The Morgan fingerprint density at radius 3 is 1.69 bits per heavy atom. The third kappa shape index (κ3) is 4.21. The highest BCUT2D eigenvalue weighted by molar-refractivity contribution is 6.73. The Labute approximate surface area is 103 Å². The largest absolute Gasteiger partial charge is 0.414 e.